The lowest BCUT2D eigenvalue weighted by Crippen LogP contribution is -2.17. The molecule has 0 spiro atoms. The molecular formula is C18H16FN5. The van der Waals surface area contributed by atoms with Gasteiger partial charge in [0.1, 0.15) is 5.82 Å². The molecule has 6 heteroatoms. The minimum atomic E-state index is -0.265. The number of anilines is 1. The first-order valence-electron chi connectivity index (χ1n) is 7.83. The summed E-state index contributed by atoms with van der Waals surface area (Å²) in [5.74, 6) is 0.356. The van der Waals surface area contributed by atoms with Crippen molar-refractivity contribution < 1.29 is 4.39 Å². The minimum Gasteiger partial charge on any atom is -0.351 e. The van der Waals surface area contributed by atoms with Gasteiger partial charge in [-0.25, -0.2) is 19.0 Å². The molecule has 3 aromatic rings. The fourth-order valence-corrected chi connectivity index (χ4v) is 2.70. The van der Waals surface area contributed by atoms with E-state index in [0.717, 1.165) is 29.8 Å². The molecule has 24 heavy (non-hydrogen) atoms. The van der Waals surface area contributed by atoms with E-state index in [1.165, 1.54) is 12.1 Å². The number of nitrogens with zero attached hydrogens (tertiary/aromatic N) is 4. The number of rotatable bonds is 4. The van der Waals surface area contributed by atoms with Gasteiger partial charge in [0, 0.05) is 24.0 Å². The Balaban J connectivity index is 1.56. The van der Waals surface area contributed by atoms with Crippen LogP contribution in [-0.2, 0) is 0 Å². The lowest BCUT2D eigenvalue weighted by atomic mass is 10.2. The molecule has 1 aliphatic rings. The highest BCUT2D eigenvalue weighted by Crippen LogP contribution is 2.20. The van der Waals surface area contributed by atoms with Gasteiger partial charge in [0.15, 0.2) is 0 Å². The van der Waals surface area contributed by atoms with Crippen LogP contribution in [0.1, 0.15) is 12.8 Å². The third-order valence-corrected chi connectivity index (χ3v) is 3.97. The van der Waals surface area contributed by atoms with Gasteiger partial charge in [0.2, 0.25) is 5.95 Å². The quantitative estimate of drug-likeness (QED) is 0.746. The van der Waals surface area contributed by atoms with E-state index in [1.54, 1.807) is 29.2 Å². The Hall–Kier alpha value is -3.02. The molecule has 0 amide bonds. The van der Waals surface area contributed by atoms with E-state index in [1.807, 2.05) is 12.3 Å². The van der Waals surface area contributed by atoms with Crippen LogP contribution in [0.5, 0.6) is 0 Å². The molecule has 0 aliphatic heterocycles. The van der Waals surface area contributed by atoms with E-state index in [0.29, 0.717) is 12.0 Å². The zero-order valence-corrected chi connectivity index (χ0v) is 12.9. The van der Waals surface area contributed by atoms with Crippen LogP contribution in [0.2, 0.25) is 0 Å². The van der Waals surface area contributed by atoms with Crippen molar-refractivity contribution in [2.45, 2.75) is 18.9 Å². The summed E-state index contributed by atoms with van der Waals surface area (Å²) in [5.41, 5.74) is 2.48. The second-order valence-corrected chi connectivity index (χ2v) is 5.70. The van der Waals surface area contributed by atoms with Crippen molar-refractivity contribution >= 4 is 5.95 Å². The van der Waals surface area contributed by atoms with Gasteiger partial charge in [-0.3, -0.25) is 0 Å². The van der Waals surface area contributed by atoms with Crippen molar-refractivity contribution in [3.63, 3.8) is 0 Å². The maximum Gasteiger partial charge on any atom is 0.223 e. The Morgan fingerprint density at radius 3 is 2.67 bits per heavy atom. The highest BCUT2D eigenvalue weighted by molar-refractivity contribution is 5.58. The molecular weight excluding hydrogens is 305 g/mol. The minimum absolute atomic E-state index is 0.265. The van der Waals surface area contributed by atoms with E-state index in [2.05, 4.69) is 32.5 Å². The van der Waals surface area contributed by atoms with Gasteiger partial charge < -0.3 is 5.32 Å². The average molecular weight is 321 g/mol. The molecule has 0 bridgehead atoms. The second-order valence-electron chi connectivity index (χ2n) is 5.70. The fraction of sp³-hybridized carbons (Fsp3) is 0.167. The zero-order chi connectivity index (χ0) is 16.4. The number of hydrogen-bond donors (Lipinski definition) is 1. The molecule has 1 N–H and O–H groups in total. The number of hydrogen-bond acceptors (Lipinski definition) is 4. The average Bonchev–Trinajstić information content (AvgIpc) is 3.28. The topological polar surface area (TPSA) is 55.6 Å². The molecule has 0 saturated carbocycles. The lowest BCUT2D eigenvalue weighted by Gasteiger charge is -2.11. The predicted octanol–water partition coefficient (Wildman–Crippen LogP) is 3.60. The third-order valence-electron chi connectivity index (χ3n) is 3.97. The molecule has 0 atom stereocenters. The number of halogens is 1. The fourth-order valence-electron chi connectivity index (χ4n) is 2.70. The van der Waals surface area contributed by atoms with Gasteiger partial charge >= 0.3 is 0 Å². The Labute approximate surface area is 138 Å². The van der Waals surface area contributed by atoms with Crippen LogP contribution in [-0.4, -0.2) is 25.8 Å². The monoisotopic (exact) mass is 321 g/mol. The van der Waals surface area contributed by atoms with Crippen molar-refractivity contribution in [1.29, 1.82) is 0 Å². The van der Waals surface area contributed by atoms with Crippen LogP contribution in [0, 0.1) is 5.82 Å². The van der Waals surface area contributed by atoms with Crippen LogP contribution in [0.25, 0.3) is 16.9 Å². The first kappa shape index (κ1) is 14.6. The van der Waals surface area contributed by atoms with E-state index in [-0.39, 0.29) is 5.82 Å². The highest BCUT2D eigenvalue weighted by atomic mass is 19.1. The molecule has 0 fully saturated rings. The van der Waals surface area contributed by atoms with Crippen LogP contribution in [0.4, 0.5) is 10.3 Å². The third kappa shape index (κ3) is 3.03. The van der Waals surface area contributed by atoms with Crippen molar-refractivity contribution in [3.8, 4) is 16.9 Å². The first-order valence-corrected chi connectivity index (χ1v) is 7.83. The van der Waals surface area contributed by atoms with Crippen molar-refractivity contribution in [2.75, 3.05) is 5.32 Å². The number of nitrogens with one attached hydrogen (secondary N) is 1. The molecule has 2 heterocycles. The van der Waals surface area contributed by atoms with Crippen molar-refractivity contribution in [1.82, 2.24) is 19.7 Å². The Bertz CT molecular complexity index is 861. The molecule has 0 radical (unpaired) electrons. The molecule has 1 aliphatic carbocycles. The standard InChI is InChI=1S/C18H16FN5/c19-14-5-7-16(8-6-14)24-12-13(11-21-24)17-9-10-20-18(23-17)22-15-3-1-2-4-15/h1-2,5-12,15H,3-4H2,(H,20,22,23). The summed E-state index contributed by atoms with van der Waals surface area (Å²) >= 11 is 0. The van der Waals surface area contributed by atoms with Gasteiger partial charge in [-0.2, -0.15) is 5.10 Å². The van der Waals surface area contributed by atoms with Crippen LogP contribution in [0.15, 0.2) is 61.1 Å². The molecule has 5 nitrogen and oxygen atoms in total. The summed E-state index contributed by atoms with van der Waals surface area (Å²) in [5, 5.41) is 7.67. The maximum absolute atomic E-state index is 13.0. The van der Waals surface area contributed by atoms with Crippen molar-refractivity contribution in [2.24, 2.45) is 0 Å². The summed E-state index contributed by atoms with van der Waals surface area (Å²) in [7, 11) is 0. The van der Waals surface area contributed by atoms with Gasteiger partial charge in [-0.05, 0) is 43.2 Å². The van der Waals surface area contributed by atoms with Crippen LogP contribution < -0.4 is 5.32 Å². The van der Waals surface area contributed by atoms with Crippen LogP contribution >= 0.6 is 0 Å². The SMILES string of the molecule is Fc1ccc(-n2cc(-c3ccnc(NC4CC=CC4)n3)cn2)cc1. The molecule has 1 aromatic carbocycles. The Kier molecular flexibility index (Phi) is 3.78. The smallest absolute Gasteiger partial charge is 0.223 e. The Morgan fingerprint density at radius 1 is 1.08 bits per heavy atom. The summed E-state index contributed by atoms with van der Waals surface area (Å²) in [4.78, 5) is 8.85. The number of aromatic nitrogens is 4. The second kappa shape index (κ2) is 6.23. The van der Waals surface area contributed by atoms with E-state index >= 15 is 0 Å². The van der Waals surface area contributed by atoms with Gasteiger partial charge in [0.05, 0.1) is 17.6 Å². The summed E-state index contributed by atoms with van der Waals surface area (Å²) in [6, 6.07) is 8.42. The van der Waals surface area contributed by atoms with Gasteiger partial charge in [-0.1, -0.05) is 12.2 Å². The lowest BCUT2D eigenvalue weighted by molar-refractivity contribution is 0.627. The van der Waals surface area contributed by atoms with E-state index in [9.17, 15) is 4.39 Å². The summed E-state index contributed by atoms with van der Waals surface area (Å²) in [6.45, 7) is 0. The molecule has 2 aromatic heterocycles. The highest BCUT2D eigenvalue weighted by Gasteiger charge is 2.12. The largest absolute Gasteiger partial charge is 0.351 e. The van der Waals surface area contributed by atoms with E-state index in [4.69, 9.17) is 0 Å². The normalized spacial score (nSPS) is 14.2. The zero-order valence-electron chi connectivity index (χ0n) is 12.9. The number of benzene rings is 1. The van der Waals surface area contributed by atoms with Crippen molar-refractivity contribution in [3.05, 3.63) is 66.9 Å². The van der Waals surface area contributed by atoms with Gasteiger partial charge in [-0.15, -0.1) is 0 Å². The molecule has 120 valence electrons. The summed E-state index contributed by atoms with van der Waals surface area (Å²) in [6.07, 6.45) is 11.7. The summed E-state index contributed by atoms with van der Waals surface area (Å²) < 4.78 is 14.7. The molecule has 0 saturated heterocycles. The predicted molar refractivity (Wildman–Crippen MR) is 90.3 cm³/mol. The van der Waals surface area contributed by atoms with Gasteiger partial charge in [0.25, 0.3) is 0 Å². The maximum atomic E-state index is 13.0. The first-order chi connectivity index (χ1) is 11.8. The Morgan fingerprint density at radius 2 is 1.88 bits per heavy atom. The molecule has 4 rings (SSSR count). The van der Waals surface area contributed by atoms with Crippen LogP contribution in [0.3, 0.4) is 0 Å². The molecule has 0 unspecified atom stereocenters. The van der Waals surface area contributed by atoms with E-state index < -0.39 is 0 Å².